The molecule has 1 aliphatic rings. The van der Waals surface area contributed by atoms with E-state index in [4.69, 9.17) is 9.47 Å². The zero-order valence-electron chi connectivity index (χ0n) is 20.2. The van der Waals surface area contributed by atoms with Crippen LogP contribution in [0.2, 0.25) is 0 Å². The molecule has 34 heavy (non-hydrogen) atoms. The molecule has 3 heterocycles. The van der Waals surface area contributed by atoms with Crippen molar-refractivity contribution in [3.8, 4) is 5.88 Å². The van der Waals surface area contributed by atoms with Gasteiger partial charge in [-0.1, -0.05) is 32.6 Å². The normalized spacial score (nSPS) is 15.6. The molecule has 0 radical (unpaired) electrons. The fraction of sp³-hybridized carbons (Fsp3) is 0.696. The predicted molar refractivity (Wildman–Crippen MR) is 133 cm³/mol. The first-order valence-corrected chi connectivity index (χ1v) is 13.9. The van der Waals surface area contributed by atoms with Gasteiger partial charge in [-0.25, -0.2) is 8.42 Å². The fourth-order valence-corrected chi connectivity index (χ4v) is 5.09. The molecule has 2 aromatic rings. The van der Waals surface area contributed by atoms with E-state index >= 15 is 0 Å². The number of anilines is 1. The second-order valence-corrected chi connectivity index (χ2v) is 11.0. The van der Waals surface area contributed by atoms with Crippen LogP contribution in [-0.2, 0) is 21.6 Å². The van der Waals surface area contributed by atoms with E-state index in [9.17, 15) is 18.0 Å². The van der Waals surface area contributed by atoms with Crippen molar-refractivity contribution in [1.29, 1.82) is 0 Å². The van der Waals surface area contributed by atoms with Gasteiger partial charge in [-0.2, -0.15) is 4.98 Å². The molecule has 1 saturated heterocycles. The molecular formula is C23H36N4O6S. The number of nitrogens with zero attached hydrogens (tertiary/aromatic N) is 3. The largest absolute Gasteiger partial charge is 0.477 e. The summed E-state index contributed by atoms with van der Waals surface area (Å²) in [6, 6.07) is 1.54. The molecule has 190 valence electrons. The Labute approximate surface area is 200 Å². The van der Waals surface area contributed by atoms with Gasteiger partial charge >= 0.3 is 0 Å². The Hall–Kier alpha value is -2.40. The zero-order chi connectivity index (χ0) is 24.6. The summed E-state index contributed by atoms with van der Waals surface area (Å²) < 4.78 is 36.2. The third-order valence-electron chi connectivity index (χ3n) is 5.99. The number of sulfone groups is 1. The average molecular weight is 497 g/mol. The highest BCUT2D eigenvalue weighted by atomic mass is 32.2. The van der Waals surface area contributed by atoms with E-state index in [2.05, 4.69) is 17.0 Å². The number of unbranched alkanes of at least 4 members (excludes halogenated alkanes) is 5. The van der Waals surface area contributed by atoms with E-state index in [1.807, 2.05) is 4.90 Å². The Balaban J connectivity index is 1.64. The van der Waals surface area contributed by atoms with E-state index in [0.717, 1.165) is 62.8 Å². The summed E-state index contributed by atoms with van der Waals surface area (Å²) in [5.74, 6) is 0.620. The Morgan fingerprint density at radius 2 is 1.65 bits per heavy atom. The van der Waals surface area contributed by atoms with Crippen LogP contribution in [0.25, 0.3) is 10.8 Å². The molecule has 3 rings (SSSR count). The van der Waals surface area contributed by atoms with Gasteiger partial charge in [0, 0.05) is 33.4 Å². The molecule has 0 atom stereocenters. The summed E-state index contributed by atoms with van der Waals surface area (Å²) in [4.78, 5) is 31.7. The first-order chi connectivity index (χ1) is 16.3. The first kappa shape index (κ1) is 26.2. The van der Waals surface area contributed by atoms with Gasteiger partial charge in [0.2, 0.25) is 5.88 Å². The van der Waals surface area contributed by atoms with Crippen molar-refractivity contribution in [2.45, 2.75) is 51.9 Å². The number of aromatic amines is 1. The molecule has 2 aromatic heterocycles. The van der Waals surface area contributed by atoms with Gasteiger partial charge in [0.15, 0.2) is 9.84 Å². The minimum atomic E-state index is -3.06. The van der Waals surface area contributed by atoms with Gasteiger partial charge in [-0.15, -0.1) is 0 Å². The van der Waals surface area contributed by atoms with Crippen LogP contribution < -0.4 is 20.8 Å². The summed E-state index contributed by atoms with van der Waals surface area (Å²) in [6.07, 6.45) is 7.24. The lowest BCUT2D eigenvalue weighted by Crippen LogP contribution is -2.41. The Bertz CT molecular complexity index is 1160. The van der Waals surface area contributed by atoms with Crippen molar-refractivity contribution in [3.63, 3.8) is 0 Å². The van der Waals surface area contributed by atoms with Crippen molar-refractivity contribution in [3.05, 3.63) is 26.8 Å². The maximum absolute atomic E-state index is 12.7. The second-order valence-electron chi connectivity index (χ2n) is 8.73. The van der Waals surface area contributed by atoms with Gasteiger partial charge in [0.05, 0.1) is 23.5 Å². The molecule has 0 saturated carbocycles. The van der Waals surface area contributed by atoms with Crippen LogP contribution in [0.15, 0.2) is 15.7 Å². The highest BCUT2D eigenvalue weighted by molar-refractivity contribution is 7.91. The van der Waals surface area contributed by atoms with E-state index in [1.54, 1.807) is 6.07 Å². The van der Waals surface area contributed by atoms with Crippen LogP contribution in [0.3, 0.4) is 0 Å². The van der Waals surface area contributed by atoms with Crippen LogP contribution in [0.1, 0.15) is 51.9 Å². The first-order valence-electron chi connectivity index (χ1n) is 12.1. The topological polar surface area (TPSA) is 124 Å². The molecule has 1 aliphatic heterocycles. The number of aryl methyl sites for hydroxylation is 1. The van der Waals surface area contributed by atoms with Crippen LogP contribution in [-0.4, -0.2) is 67.6 Å². The number of hydrogen-bond acceptors (Lipinski definition) is 8. The molecular weight excluding hydrogens is 460 g/mol. The highest BCUT2D eigenvalue weighted by Crippen LogP contribution is 2.25. The summed E-state index contributed by atoms with van der Waals surface area (Å²) >= 11 is 0. The predicted octanol–water partition coefficient (Wildman–Crippen LogP) is 2.00. The fourth-order valence-electron chi connectivity index (χ4n) is 3.89. The van der Waals surface area contributed by atoms with Crippen molar-refractivity contribution in [2.24, 2.45) is 7.05 Å². The van der Waals surface area contributed by atoms with E-state index in [1.165, 1.54) is 7.05 Å². The maximum atomic E-state index is 12.7. The van der Waals surface area contributed by atoms with Gasteiger partial charge < -0.3 is 14.4 Å². The maximum Gasteiger partial charge on any atom is 0.278 e. The number of fused-ring (bicyclic) bond motifs is 1. The summed E-state index contributed by atoms with van der Waals surface area (Å²) in [7, 11) is -1.59. The lowest BCUT2D eigenvalue weighted by atomic mass is 10.1. The van der Waals surface area contributed by atoms with Crippen LogP contribution in [0, 0.1) is 0 Å². The molecule has 11 heteroatoms. The number of pyridine rings is 1. The van der Waals surface area contributed by atoms with Gasteiger partial charge in [0.1, 0.15) is 11.2 Å². The Morgan fingerprint density at radius 3 is 2.35 bits per heavy atom. The van der Waals surface area contributed by atoms with Crippen molar-refractivity contribution < 1.29 is 17.9 Å². The smallest absolute Gasteiger partial charge is 0.278 e. The van der Waals surface area contributed by atoms with E-state index < -0.39 is 21.0 Å². The quantitative estimate of drug-likeness (QED) is 0.418. The number of H-pyrrole nitrogens is 1. The second kappa shape index (κ2) is 12.3. The van der Waals surface area contributed by atoms with Crippen LogP contribution in [0.4, 0.5) is 5.82 Å². The van der Waals surface area contributed by atoms with E-state index in [0.29, 0.717) is 12.4 Å². The number of ether oxygens (including phenoxy) is 2. The van der Waals surface area contributed by atoms with Crippen molar-refractivity contribution in [1.82, 2.24) is 14.8 Å². The minimum absolute atomic E-state index is 0.0272. The van der Waals surface area contributed by atoms with Gasteiger partial charge in [-0.3, -0.25) is 19.4 Å². The Kier molecular flexibility index (Phi) is 9.52. The SMILES string of the molecule is CCCCOCCCCCCCOc1nc(N2CCS(=O)(=O)CC2)cc2c(=O)[nH]n(C)c(=O)c12. The zero-order valence-corrected chi connectivity index (χ0v) is 21.0. The molecule has 0 aliphatic carbocycles. The summed E-state index contributed by atoms with van der Waals surface area (Å²) in [5.41, 5.74) is -0.815. The van der Waals surface area contributed by atoms with E-state index in [-0.39, 0.29) is 41.2 Å². The third-order valence-corrected chi connectivity index (χ3v) is 7.60. The molecule has 0 spiro atoms. The monoisotopic (exact) mass is 496 g/mol. The molecule has 0 bridgehead atoms. The number of hydrogen-bond donors (Lipinski definition) is 1. The number of aromatic nitrogens is 3. The van der Waals surface area contributed by atoms with Crippen molar-refractivity contribution >= 4 is 26.4 Å². The highest BCUT2D eigenvalue weighted by Gasteiger charge is 2.24. The van der Waals surface area contributed by atoms with Crippen molar-refractivity contribution in [2.75, 3.05) is 49.3 Å². The molecule has 1 N–H and O–H groups in total. The standard InChI is InChI=1S/C23H36N4O6S/c1-3-4-12-32-13-8-6-5-7-9-14-33-22-20-18(21(28)25-26(2)23(20)29)17-19(24-22)27-10-15-34(30,31)16-11-27/h17H,3-16H2,1-2H3,(H,25,28). The Morgan fingerprint density at radius 1 is 1.00 bits per heavy atom. The number of rotatable bonds is 13. The summed E-state index contributed by atoms with van der Waals surface area (Å²) in [5, 5.41) is 2.84. The molecule has 0 amide bonds. The third kappa shape index (κ3) is 7.05. The number of nitrogens with one attached hydrogen (secondary N) is 1. The lowest BCUT2D eigenvalue weighted by molar-refractivity contribution is 0.127. The molecule has 0 unspecified atom stereocenters. The molecule has 10 nitrogen and oxygen atoms in total. The average Bonchev–Trinajstić information content (AvgIpc) is 2.80. The summed E-state index contributed by atoms with van der Waals surface area (Å²) in [6.45, 7) is 4.73. The van der Waals surface area contributed by atoms with Gasteiger partial charge in [0.25, 0.3) is 11.1 Å². The van der Waals surface area contributed by atoms with Crippen LogP contribution >= 0.6 is 0 Å². The lowest BCUT2D eigenvalue weighted by Gasteiger charge is -2.28. The minimum Gasteiger partial charge on any atom is -0.477 e. The van der Waals surface area contributed by atoms with Gasteiger partial charge in [-0.05, 0) is 25.3 Å². The molecule has 0 aromatic carbocycles. The molecule has 1 fully saturated rings. The van der Waals surface area contributed by atoms with Crippen LogP contribution in [0.5, 0.6) is 5.88 Å².